The molecule has 0 aliphatic carbocycles. The second-order valence-electron chi connectivity index (χ2n) is 5.90. The van der Waals surface area contributed by atoms with E-state index in [1.54, 1.807) is 11.8 Å². The lowest BCUT2D eigenvalue weighted by atomic mass is 10.2. The second-order valence-corrected chi connectivity index (χ2v) is 6.94. The van der Waals surface area contributed by atoms with E-state index in [1.807, 2.05) is 61.8 Å². The van der Waals surface area contributed by atoms with E-state index in [1.165, 1.54) is 5.56 Å². The number of carbonyl (C=O) groups is 1. The van der Waals surface area contributed by atoms with Gasteiger partial charge in [-0.3, -0.25) is 4.79 Å². The summed E-state index contributed by atoms with van der Waals surface area (Å²) in [6.45, 7) is 0.938. The molecule has 0 saturated carbocycles. The molecule has 0 N–H and O–H groups in total. The summed E-state index contributed by atoms with van der Waals surface area (Å²) < 4.78 is 5.53. The maximum absolute atomic E-state index is 12.1. The average Bonchev–Trinajstić information content (AvgIpc) is 2.99. The van der Waals surface area contributed by atoms with Crippen LogP contribution >= 0.6 is 11.8 Å². The molecule has 1 aliphatic heterocycles. The molecule has 0 fully saturated rings. The Morgan fingerprint density at radius 2 is 1.72 bits per heavy atom. The van der Waals surface area contributed by atoms with Crippen molar-refractivity contribution < 1.29 is 9.53 Å². The first-order chi connectivity index (χ1) is 12.2. The second kappa shape index (κ2) is 8.62. The molecular weight excluding hydrogens is 332 g/mol. The average molecular weight is 354 g/mol. The molecule has 0 aromatic heterocycles. The van der Waals surface area contributed by atoms with E-state index >= 15 is 0 Å². The normalized spacial score (nSPS) is 16.3. The first kappa shape index (κ1) is 17.4. The minimum atomic E-state index is 0.0915. The Balaban J connectivity index is 1.48. The molecule has 4 nitrogen and oxygen atoms in total. The van der Waals surface area contributed by atoms with Gasteiger partial charge in [-0.1, -0.05) is 48.5 Å². The molecule has 25 heavy (non-hydrogen) atoms. The van der Waals surface area contributed by atoms with Gasteiger partial charge < -0.3 is 14.5 Å². The molecule has 1 atom stereocenters. The molecule has 0 amide bonds. The van der Waals surface area contributed by atoms with Gasteiger partial charge in [0.2, 0.25) is 0 Å². The maximum atomic E-state index is 12.1. The molecule has 5 heteroatoms. The van der Waals surface area contributed by atoms with Gasteiger partial charge in [0, 0.05) is 26.0 Å². The van der Waals surface area contributed by atoms with Gasteiger partial charge in [0.1, 0.15) is 17.9 Å². The zero-order valence-electron chi connectivity index (χ0n) is 14.2. The summed E-state index contributed by atoms with van der Waals surface area (Å²) in [7, 11) is 2.03. The first-order valence-corrected chi connectivity index (χ1v) is 9.28. The fourth-order valence-corrected chi connectivity index (χ4v) is 3.66. The quantitative estimate of drug-likeness (QED) is 0.724. The first-order valence-electron chi connectivity index (χ1n) is 8.23. The number of hydrogen-bond donors (Lipinski definition) is 0. The van der Waals surface area contributed by atoms with Crippen LogP contribution in [-0.4, -0.2) is 40.5 Å². The van der Waals surface area contributed by atoms with Crippen molar-refractivity contribution >= 4 is 17.5 Å². The van der Waals surface area contributed by atoms with Crippen LogP contribution in [0.15, 0.2) is 73.1 Å². The van der Waals surface area contributed by atoms with Crippen molar-refractivity contribution in [3.8, 4) is 5.75 Å². The van der Waals surface area contributed by atoms with Crippen LogP contribution in [0.4, 0.5) is 0 Å². The van der Waals surface area contributed by atoms with Crippen molar-refractivity contribution in [1.82, 2.24) is 9.80 Å². The largest absolute Gasteiger partial charge is 0.486 e. The third-order valence-electron chi connectivity index (χ3n) is 3.87. The Labute approximate surface area is 153 Å². The number of thioether (sulfide) groups is 1. The van der Waals surface area contributed by atoms with Crippen molar-refractivity contribution in [2.24, 2.45) is 0 Å². The van der Waals surface area contributed by atoms with Gasteiger partial charge in [0.05, 0.1) is 5.75 Å². The molecule has 3 rings (SSSR count). The van der Waals surface area contributed by atoms with Crippen molar-refractivity contribution in [3.63, 3.8) is 0 Å². The van der Waals surface area contributed by atoms with E-state index in [4.69, 9.17) is 4.74 Å². The fourth-order valence-electron chi connectivity index (χ4n) is 2.60. The predicted molar refractivity (Wildman–Crippen MR) is 102 cm³/mol. The molecule has 0 saturated heterocycles. The van der Waals surface area contributed by atoms with Crippen LogP contribution in [-0.2, 0) is 11.3 Å². The minimum absolute atomic E-state index is 0.0915. The van der Waals surface area contributed by atoms with E-state index < -0.39 is 0 Å². The van der Waals surface area contributed by atoms with Gasteiger partial charge in [-0.25, -0.2) is 0 Å². The number of benzene rings is 2. The Morgan fingerprint density at radius 1 is 1.04 bits per heavy atom. The Hall–Kier alpha value is -2.40. The molecule has 1 unspecified atom stereocenters. The topological polar surface area (TPSA) is 32.8 Å². The van der Waals surface area contributed by atoms with Crippen LogP contribution in [0, 0.1) is 0 Å². The van der Waals surface area contributed by atoms with Gasteiger partial charge >= 0.3 is 0 Å². The Morgan fingerprint density at radius 3 is 2.44 bits per heavy atom. The number of hydrogen-bond acceptors (Lipinski definition) is 5. The van der Waals surface area contributed by atoms with Gasteiger partial charge in [0.25, 0.3) is 0 Å². The summed E-state index contributed by atoms with van der Waals surface area (Å²) >= 11 is 1.62. The minimum Gasteiger partial charge on any atom is -0.486 e. The summed E-state index contributed by atoms with van der Waals surface area (Å²) in [6.07, 6.45) is 4.13. The van der Waals surface area contributed by atoms with Crippen LogP contribution in [0.5, 0.6) is 5.75 Å². The molecule has 1 aliphatic rings. The molecule has 0 spiro atoms. The highest BCUT2D eigenvalue weighted by Gasteiger charge is 2.25. The van der Waals surface area contributed by atoms with E-state index in [-0.39, 0.29) is 17.9 Å². The summed E-state index contributed by atoms with van der Waals surface area (Å²) in [4.78, 5) is 16.5. The van der Waals surface area contributed by atoms with E-state index in [2.05, 4.69) is 28.1 Å². The number of Topliss-reactive ketones (excluding diaryl/α,β-unsaturated/α-hetero) is 1. The maximum Gasteiger partial charge on any atom is 0.180 e. The zero-order valence-corrected chi connectivity index (χ0v) is 15.1. The molecule has 130 valence electrons. The lowest BCUT2D eigenvalue weighted by molar-refractivity contribution is -0.118. The third-order valence-corrected chi connectivity index (χ3v) is 5.26. The number of nitrogens with zero attached hydrogens (tertiary/aromatic N) is 2. The molecule has 0 radical (unpaired) electrons. The van der Waals surface area contributed by atoms with Crippen molar-refractivity contribution in [2.45, 2.75) is 12.0 Å². The van der Waals surface area contributed by atoms with Crippen LogP contribution in [0.1, 0.15) is 5.56 Å². The molecule has 1 heterocycles. The number of carbonyl (C=O) groups excluding carboxylic acids is 1. The van der Waals surface area contributed by atoms with Crippen LogP contribution in [0.3, 0.4) is 0 Å². The lowest BCUT2D eigenvalue weighted by Gasteiger charge is -2.29. The smallest absolute Gasteiger partial charge is 0.180 e. The van der Waals surface area contributed by atoms with E-state index in [0.717, 1.165) is 12.3 Å². The Bertz CT molecular complexity index is 706. The lowest BCUT2D eigenvalue weighted by Crippen LogP contribution is -2.34. The summed E-state index contributed by atoms with van der Waals surface area (Å²) in [5.74, 6) is 1.24. The number of ether oxygens (including phenoxy) is 1. The van der Waals surface area contributed by atoms with Crippen LogP contribution in [0.25, 0.3) is 0 Å². The zero-order chi connectivity index (χ0) is 17.5. The molecular formula is C20H22N2O2S. The summed E-state index contributed by atoms with van der Waals surface area (Å²) in [5, 5.41) is 0. The Kier molecular flexibility index (Phi) is 6.01. The molecule has 2 aromatic carbocycles. The fraction of sp³-hybridized carbons (Fsp3) is 0.250. The highest BCUT2D eigenvalue weighted by molar-refractivity contribution is 8.00. The van der Waals surface area contributed by atoms with Crippen LogP contribution < -0.4 is 4.74 Å². The summed E-state index contributed by atoms with van der Waals surface area (Å²) in [5.41, 5.74) is 1.38. The summed E-state index contributed by atoms with van der Waals surface area (Å²) in [6, 6.07) is 19.8. The van der Waals surface area contributed by atoms with Gasteiger partial charge in [-0.15, -0.1) is 11.8 Å². The standard InChI is InChI=1S/C20H22N2O2S/c1-21-12-13-22(14-17-8-4-2-5-9-17)20(21)25-16-18(23)15-24-19-10-6-3-7-11-19/h2-13,20H,14-16H2,1H3. The monoisotopic (exact) mass is 354 g/mol. The highest BCUT2D eigenvalue weighted by Crippen LogP contribution is 2.26. The van der Waals surface area contributed by atoms with Crippen LogP contribution in [0.2, 0.25) is 0 Å². The van der Waals surface area contributed by atoms with Crippen molar-refractivity contribution in [3.05, 3.63) is 78.6 Å². The molecule has 2 aromatic rings. The number of rotatable bonds is 8. The van der Waals surface area contributed by atoms with E-state index in [0.29, 0.717) is 5.75 Å². The van der Waals surface area contributed by atoms with Gasteiger partial charge in [0.15, 0.2) is 5.78 Å². The van der Waals surface area contributed by atoms with E-state index in [9.17, 15) is 4.79 Å². The number of para-hydroxylation sites is 1. The number of ketones is 1. The molecule has 0 bridgehead atoms. The van der Waals surface area contributed by atoms with Crippen molar-refractivity contribution in [2.75, 3.05) is 19.4 Å². The highest BCUT2D eigenvalue weighted by atomic mass is 32.2. The predicted octanol–water partition coefficient (Wildman–Crippen LogP) is 3.57. The van der Waals surface area contributed by atoms with Gasteiger partial charge in [-0.2, -0.15) is 0 Å². The third kappa shape index (κ3) is 5.03. The van der Waals surface area contributed by atoms with Gasteiger partial charge in [-0.05, 0) is 17.7 Å². The SMILES string of the molecule is CN1C=CN(Cc2ccccc2)C1SCC(=O)COc1ccccc1. The van der Waals surface area contributed by atoms with Crippen molar-refractivity contribution in [1.29, 1.82) is 0 Å².